The van der Waals surface area contributed by atoms with Crippen LogP contribution < -0.4 is 0 Å². The Kier molecular flexibility index (Phi) is 13.3. The van der Waals surface area contributed by atoms with Gasteiger partial charge in [0.05, 0.1) is 0 Å². The van der Waals surface area contributed by atoms with Gasteiger partial charge >= 0.3 is 95.8 Å². The third-order valence-corrected chi connectivity index (χ3v) is 5.41. The van der Waals surface area contributed by atoms with Crippen molar-refractivity contribution >= 4 is 15.9 Å². The van der Waals surface area contributed by atoms with E-state index >= 15 is 0 Å². The second-order valence-corrected chi connectivity index (χ2v) is 9.97. The van der Waals surface area contributed by atoms with Crippen molar-refractivity contribution in [2.24, 2.45) is 0 Å². The van der Waals surface area contributed by atoms with Gasteiger partial charge in [0.1, 0.15) is 0 Å². The van der Waals surface area contributed by atoms with Crippen molar-refractivity contribution in [3.63, 3.8) is 0 Å². The summed E-state index contributed by atoms with van der Waals surface area (Å²) in [6.07, 6.45) is -95.4. The van der Waals surface area contributed by atoms with Crippen LogP contribution in [0.5, 0.6) is 0 Å². The molecule has 0 fully saturated rings. The smallest absolute Gasteiger partial charge is 0.263 e. The van der Waals surface area contributed by atoms with Crippen molar-refractivity contribution in [1.82, 2.24) is 0 Å². The molecule has 0 saturated carbocycles. The van der Waals surface area contributed by atoms with E-state index in [2.05, 4.69) is 0 Å². The van der Waals surface area contributed by atoms with Crippen LogP contribution in [0.1, 0.15) is 0 Å². The molecule has 0 aliphatic heterocycles. The summed E-state index contributed by atoms with van der Waals surface area (Å²) in [5.41, 5.74) is 0. The summed E-state index contributed by atoms with van der Waals surface area (Å²) in [5, 5.41) is 0. The molecule has 0 N–H and O–H groups in total. The van der Waals surface area contributed by atoms with Crippen molar-refractivity contribution in [1.29, 1.82) is 0 Å². The minimum absolute atomic E-state index is 0.257. The lowest BCUT2D eigenvalue weighted by Crippen LogP contribution is -2.72. The highest BCUT2D eigenvalue weighted by molar-refractivity contribution is 9.10. The minimum atomic E-state index is -9.42. The average molecular weight is 979 g/mol. The Morgan fingerprint density at radius 1 is 0.200 bits per heavy atom. The first-order valence-corrected chi connectivity index (χ1v) is 11.8. The molecule has 0 heterocycles. The van der Waals surface area contributed by atoms with Crippen molar-refractivity contribution in [3.05, 3.63) is 0 Å². The van der Waals surface area contributed by atoms with Gasteiger partial charge in [-0.3, -0.25) is 18.9 Å². The molecule has 0 aromatic carbocycles. The first-order chi connectivity index (χ1) is 23.0. The fraction of sp³-hybridized carbons (Fsp3) is 1.00. The first kappa shape index (κ1) is 53.0. The highest BCUT2D eigenvalue weighted by Crippen LogP contribution is 2.62. The highest BCUT2D eigenvalue weighted by atomic mass is 79.9. The predicted octanol–water partition coefficient (Wildman–Crippen LogP) is 11.1. The van der Waals surface area contributed by atoms with Crippen molar-refractivity contribution in [3.8, 4) is 0 Å². The average Bonchev–Trinajstić information content (AvgIpc) is 2.82. The van der Waals surface area contributed by atoms with Crippen LogP contribution >= 0.6 is 15.9 Å². The lowest BCUT2D eigenvalue weighted by Gasteiger charge is -2.44. The molecule has 332 valence electrons. The molecule has 0 aromatic heterocycles. The Hall–Kier alpha value is -2.03. The van der Waals surface area contributed by atoms with E-state index < -0.39 is 95.8 Å². The molecule has 4 atom stereocenters. The van der Waals surface area contributed by atoms with E-state index in [1.165, 1.54) is 4.74 Å². The zero-order valence-electron chi connectivity index (χ0n) is 22.9. The molecule has 0 unspecified atom stereocenters. The highest BCUT2D eigenvalue weighted by Gasteiger charge is 2.90. The predicted molar refractivity (Wildman–Crippen MR) is 94.6 cm³/mol. The second-order valence-electron chi connectivity index (χ2n) is 8.98. The fourth-order valence-electron chi connectivity index (χ4n) is 2.37. The van der Waals surface area contributed by atoms with Gasteiger partial charge in [-0.25, -0.2) is 4.74 Å². The van der Waals surface area contributed by atoms with Gasteiger partial charge in [-0.05, 0) is 0 Å². The number of rotatable bonds is 15. The molecule has 0 saturated heterocycles. The largest absolute Gasteiger partial charge is 0.483 e. The number of hydrogen-bond donors (Lipinski definition) is 0. The zero-order chi connectivity index (χ0) is 45.5. The summed E-state index contributed by atoms with van der Waals surface area (Å²) < 4.78 is 443. The Morgan fingerprint density at radius 2 is 0.364 bits per heavy atom. The number of ether oxygens (including phenoxy) is 5. The Balaban J connectivity index is 7.84. The van der Waals surface area contributed by atoms with Crippen LogP contribution in [-0.2, 0) is 23.7 Å². The maximum Gasteiger partial charge on any atom is 0.483 e. The van der Waals surface area contributed by atoms with Gasteiger partial charge in [0, 0.05) is 15.9 Å². The molecular weight excluding hydrogens is 979 g/mol. The van der Waals surface area contributed by atoms with Crippen molar-refractivity contribution in [2.45, 2.75) is 95.8 Å². The SMILES string of the molecule is FC(F)(F)C(F)(F)OC(F)(F)[C@](F)(OC(F)(F)[C@](F)(OC(F)(F)[C@@](F)(OC(F)(F)[C@](F)(OC(F)(F)C(F)(F)Br)C(F)(F)F)C(F)(F)F)C(F)(F)F)C(F)(F)F. The molecule has 39 heteroatoms. The van der Waals surface area contributed by atoms with E-state index in [1.54, 1.807) is 0 Å². The van der Waals surface area contributed by atoms with E-state index in [0.29, 0.717) is 0 Å². The van der Waals surface area contributed by atoms with Crippen LogP contribution in [0.3, 0.4) is 0 Å². The van der Waals surface area contributed by atoms with Gasteiger partial charge in [0.25, 0.3) is 0 Å². The summed E-state index contributed by atoms with van der Waals surface area (Å²) >= 11 is 0.257. The Bertz CT molecular complexity index is 1340. The Morgan fingerprint density at radius 3 is 0.509 bits per heavy atom. The summed E-state index contributed by atoms with van der Waals surface area (Å²) in [6, 6.07) is 0. The van der Waals surface area contributed by atoms with Crippen molar-refractivity contribution < 1.29 is 169 Å². The maximum atomic E-state index is 14.4. The summed E-state index contributed by atoms with van der Waals surface area (Å²) in [4.78, 5) is -6.68. The standard InChI is InChI=1S/C16BrF33O5/c17-5(22,23)15(47,48)54-3(20,8(30,31)32)13(43,44)52-1(18,6(24,25)26)11(39,40)51-2(19,7(27,28)29)12(41,42)53-4(21,9(33,34)35)14(45,46)55-16(49,50)10(36,37)38/t1-,2+,3+,4+/m0/s1. The molecule has 0 bridgehead atoms. The molecule has 0 aliphatic carbocycles. The second kappa shape index (κ2) is 13.8. The Labute approximate surface area is 281 Å². The van der Waals surface area contributed by atoms with Crippen LogP contribution in [0, 0.1) is 0 Å². The molecule has 0 amide bonds. The van der Waals surface area contributed by atoms with E-state index in [0.717, 1.165) is 18.9 Å². The number of halogens is 34. The topological polar surface area (TPSA) is 46.2 Å². The van der Waals surface area contributed by atoms with Gasteiger partial charge in [0.15, 0.2) is 0 Å². The lowest BCUT2D eigenvalue weighted by molar-refractivity contribution is -0.600. The van der Waals surface area contributed by atoms with E-state index in [9.17, 15) is 145 Å². The number of alkyl halides is 34. The normalized spacial score (nSPS) is 20.4. The molecule has 0 aromatic rings. The molecule has 0 rings (SSSR count). The summed E-state index contributed by atoms with van der Waals surface area (Å²) in [5.74, 6) is -36.5. The van der Waals surface area contributed by atoms with Crippen LogP contribution in [0.15, 0.2) is 0 Å². The monoisotopic (exact) mass is 978 g/mol. The van der Waals surface area contributed by atoms with E-state index in [4.69, 9.17) is 0 Å². The van der Waals surface area contributed by atoms with Gasteiger partial charge < -0.3 is 0 Å². The molecule has 5 nitrogen and oxygen atoms in total. The maximum absolute atomic E-state index is 14.4. The molecule has 0 aliphatic rings. The molecular formula is C16BrF33O5. The number of hydrogen-bond acceptors (Lipinski definition) is 5. The first-order valence-electron chi connectivity index (χ1n) is 11.0. The fourth-order valence-corrected chi connectivity index (χ4v) is 2.46. The molecule has 55 heavy (non-hydrogen) atoms. The third kappa shape index (κ3) is 9.32. The third-order valence-electron chi connectivity index (χ3n) is 4.95. The van der Waals surface area contributed by atoms with Gasteiger partial charge in [-0.1, -0.05) is 0 Å². The van der Waals surface area contributed by atoms with Gasteiger partial charge in [0.2, 0.25) is 0 Å². The zero-order valence-corrected chi connectivity index (χ0v) is 24.5. The minimum Gasteiger partial charge on any atom is -0.263 e. The van der Waals surface area contributed by atoms with Crippen molar-refractivity contribution in [2.75, 3.05) is 0 Å². The van der Waals surface area contributed by atoms with Crippen LogP contribution in [0.2, 0.25) is 0 Å². The van der Waals surface area contributed by atoms with E-state index in [1.807, 2.05) is 0 Å². The van der Waals surface area contributed by atoms with Crippen LogP contribution in [-0.4, -0.2) is 95.8 Å². The molecule has 0 spiro atoms. The summed E-state index contributed by atoms with van der Waals surface area (Å²) in [6.45, 7) is 0. The van der Waals surface area contributed by atoms with Gasteiger partial charge in [-0.2, -0.15) is 145 Å². The lowest BCUT2D eigenvalue weighted by atomic mass is 10.2. The van der Waals surface area contributed by atoms with Crippen LogP contribution in [0.4, 0.5) is 145 Å². The van der Waals surface area contributed by atoms with Gasteiger partial charge in [-0.15, -0.1) is 0 Å². The van der Waals surface area contributed by atoms with E-state index in [-0.39, 0.29) is 15.9 Å². The molecule has 0 radical (unpaired) electrons. The summed E-state index contributed by atoms with van der Waals surface area (Å²) in [7, 11) is 0. The quantitative estimate of drug-likeness (QED) is 0.121. The van der Waals surface area contributed by atoms with Crippen LogP contribution in [0.25, 0.3) is 0 Å².